The second-order valence-electron chi connectivity index (χ2n) is 6.14. The molecule has 1 fully saturated rings. The van der Waals surface area contributed by atoms with Gasteiger partial charge in [0.25, 0.3) is 0 Å². The highest BCUT2D eigenvalue weighted by Gasteiger charge is 2.47. The zero-order chi connectivity index (χ0) is 17.1. The van der Waals surface area contributed by atoms with Crippen molar-refractivity contribution in [3.05, 3.63) is 0 Å². The highest BCUT2D eigenvalue weighted by Crippen LogP contribution is 2.53. The Morgan fingerprint density at radius 2 is 1.95 bits per heavy atom. The van der Waals surface area contributed by atoms with Gasteiger partial charge in [0.1, 0.15) is 20.1 Å². The maximum Gasteiger partial charge on any atom is 0.356 e. The number of ether oxygens (including phenoxy) is 1. The number of hydrogen-bond acceptors (Lipinski definition) is 6. The van der Waals surface area contributed by atoms with E-state index in [4.69, 9.17) is 9.26 Å². The molecule has 9 heteroatoms. The first kappa shape index (κ1) is 20.1. The summed E-state index contributed by atoms with van der Waals surface area (Å²) >= 11 is 0. The minimum Gasteiger partial charge on any atom is -0.388 e. The number of hydrogen-bond donors (Lipinski definition) is 4. The molecule has 0 aliphatic carbocycles. The van der Waals surface area contributed by atoms with Crippen LogP contribution in [0.25, 0.3) is 0 Å². The van der Waals surface area contributed by atoms with E-state index in [-0.39, 0.29) is 6.42 Å². The van der Waals surface area contributed by atoms with Crippen LogP contribution in [0.5, 0.6) is 0 Å². The first-order chi connectivity index (χ1) is 10.1. The third-order valence-corrected chi connectivity index (χ3v) is 5.91. The second kappa shape index (κ2) is 7.75. The van der Waals surface area contributed by atoms with Crippen LogP contribution >= 0.6 is 7.60 Å². The Morgan fingerprint density at radius 1 is 1.36 bits per heavy atom. The van der Waals surface area contributed by atoms with Crippen LogP contribution in [0, 0.1) is 0 Å². The van der Waals surface area contributed by atoms with Gasteiger partial charge in [-0.15, -0.1) is 0 Å². The van der Waals surface area contributed by atoms with Gasteiger partial charge in [-0.2, -0.15) is 0 Å². The first-order valence-electron chi connectivity index (χ1n) is 7.81. The van der Waals surface area contributed by atoms with E-state index in [1.165, 1.54) is 6.92 Å². The smallest absolute Gasteiger partial charge is 0.356 e. The van der Waals surface area contributed by atoms with Gasteiger partial charge in [0.05, 0.1) is 17.7 Å². The van der Waals surface area contributed by atoms with Gasteiger partial charge in [0, 0.05) is 6.42 Å². The van der Waals surface area contributed by atoms with Gasteiger partial charge < -0.3 is 29.5 Å². The zero-order valence-electron chi connectivity index (χ0n) is 13.7. The molecular formula is C13H28BO7P. The van der Waals surface area contributed by atoms with Crippen LogP contribution in [0.15, 0.2) is 0 Å². The largest absolute Gasteiger partial charge is 0.388 e. The van der Waals surface area contributed by atoms with Gasteiger partial charge in [-0.05, 0) is 19.8 Å². The average molecular weight is 338 g/mol. The first-order valence-corrected chi connectivity index (χ1v) is 9.46. The van der Waals surface area contributed by atoms with E-state index in [2.05, 4.69) is 0 Å². The topological polar surface area (TPSA) is 116 Å². The molecule has 0 aromatic rings. The summed E-state index contributed by atoms with van der Waals surface area (Å²) in [5.41, 5.74) is -0.995. The lowest BCUT2D eigenvalue weighted by atomic mass is 9.86. The molecule has 0 spiro atoms. The predicted molar refractivity (Wildman–Crippen MR) is 84.4 cm³/mol. The van der Waals surface area contributed by atoms with Crippen molar-refractivity contribution in [3.63, 3.8) is 0 Å². The standard InChI is InChI=1S/C13H28BO7P/c1-4-6-13(5-2,21-22(18,19)8(3)15)7-9-10(16)11(17)12(14)20-9/h8-12,15-17H,4-7,14H2,1-3H3,(H,18,19)/t8?,9-,10?,11+,12-,13?/m1/s1. The van der Waals surface area contributed by atoms with Crippen LogP contribution in [-0.4, -0.2) is 63.8 Å². The molecule has 0 bridgehead atoms. The fourth-order valence-electron chi connectivity index (χ4n) is 2.85. The zero-order valence-corrected chi connectivity index (χ0v) is 14.6. The number of aliphatic hydroxyl groups excluding tert-OH is 3. The molecule has 22 heavy (non-hydrogen) atoms. The Kier molecular flexibility index (Phi) is 7.08. The van der Waals surface area contributed by atoms with Crippen molar-refractivity contribution in [1.29, 1.82) is 0 Å². The molecule has 7 atom stereocenters. The molecule has 4 unspecified atom stereocenters. The Hall–Kier alpha value is 0.0549. The van der Waals surface area contributed by atoms with Crippen molar-refractivity contribution in [2.45, 2.75) is 82.2 Å². The predicted octanol–water partition coefficient (Wildman–Crippen LogP) is -0.0545. The van der Waals surface area contributed by atoms with Crippen molar-refractivity contribution >= 4 is 15.4 Å². The van der Waals surface area contributed by atoms with Crippen LogP contribution in [0.3, 0.4) is 0 Å². The lowest BCUT2D eigenvalue weighted by Gasteiger charge is -2.37. The minimum atomic E-state index is -4.18. The SMILES string of the molecule is B[C@@H]1O[C@H](CC(CC)(CCC)OP(=O)(O)C(C)O)C(O)[C@@H]1O. The van der Waals surface area contributed by atoms with Crippen molar-refractivity contribution in [1.82, 2.24) is 0 Å². The van der Waals surface area contributed by atoms with Crippen molar-refractivity contribution in [2.24, 2.45) is 0 Å². The fourth-order valence-corrected chi connectivity index (χ4v) is 3.85. The average Bonchev–Trinajstić information content (AvgIpc) is 2.65. The molecule has 1 aliphatic heterocycles. The van der Waals surface area contributed by atoms with Gasteiger partial charge in [-0.25, -0.2) is 0 Å². The van der Waals surface area contributed by atoms with Gasteiger partial charge in [0.15, 0.2) is 5.85 Å². The monoisotopic (exact) mass is 338 g/mol. The van der Waals surface area contributed by atoms with E-state index < -0.39 is 43.4 Å². The maximum absolute atomic E-state index is 12.1. The summed E-state index contributed by atoms with van der Waals surface area (Å²) in [6.07, 6.45) is -0.936. The second-order valence-corrected chi connectivity index (χ2v) is 8.20. The van der Waals surface area contributed by atoms with E-state index >= 15 is 0 Å². The molecular weight excluding hydrogens is 310 g/mol. The summed E-state index contributed by atoms with van der Waals surface area (Å²) in [5, 5.41) is 29.3. The summed E-state index contributed by atoms with van der Waals surface area (Å²) in [4.78, 5) is 9.86. The Bertz CT molecular complexity index is 408. The minimum absolute atomic E-state index is 0.178. The third kappa shape index (κ3) is 4.54. The van der Waals surface area contributed by atoms with Crippen molar-refractivity contribution in [3.8, 4) is 0 Å². The van der Waals surface area contributed by atoms with Gasteiger partial charge >= 0.3 is 7.60 Å². The molecule has 1 saturated heterocycles. The van der Waals surface area contributed by atoms with Crippen LogP contribution in [0.1, 0.15) is 46.5 Å². The summed E-state index contributed by atoms with van der Waals surface area (Å²) in [6, 6.07) is -0.506. The molecule has 130 valence electrons. The Labute approximate surface area is 132 Å². The highest BCUT2D eigenvalue weighted by atomic mass is 31.2. The van der Waals surface area contributed by atoms with Crippen molar-refractivity contribution in [2.75, 3.05) is 0 Å². The molecule has 7 nitrogen and oxygen atoms in total. The Morgan fingerprint density at radius 3 is 2.32 bits per heavy atom. The van der Waals surface area contributed by atoms with Crippen LogP contribution in [0.2, 0.25) is 0 Å². The molecule has 1 aliphatic rings. The fraction of sp³-hybridized carbons (Fsp3) is 1.00. The Balaban J connectivity index is 2.95. The van der Waals surface area contributed by atoms with Gasteiger partial charge in [-0.3, -0.25) is 4.57 Å². The molecule has 4 N–H and O–H groups in total. The summed E-state index contributed by atoms with van der Waals surface area (Å²) in [5.74, 6) is -1.49. The third-order valence-electron chi connectivity index (χ3n) is 4.32. The van der Waals surface area contributed by atoms with Crippen LogP contribution in [0.4, 0.5) is 0 Å². The molecule has 0 aromatic carbocycles. The van der Waals surface area contributed by atoms with Gasteiger partial charge in [-0.1, -0.05) is 20.3 Å². The molecule has 0 aromatic heterocycles. The molecule has 1 heterocycles. The number of aliphatic hydroxyl groups is 3. The summed E-state index contributed by atoms with van der Waals surface area (Å²) in [7, 11) is -2.52. The van der Waals surface area contributed by atoms with E-state index in [9.17, 15) is 24.8 Å². The van der Waals surface area contributed by atoms with Crippen LogP contribution in [-0.2, 0) is 13.8 Å². The summed E-state index contributed by atoms with van der Waals surface area (Å²) < 4.78 is 23.1. The molecule has 0 saturated carbocycles. The maximum atomic E-state index is 12.1. The lowest BCUT2D eigenvalue weighted by molar-refractivity contribution is -0.0513. The molecule has 0 amide bonds. The van der Waals surface area contributed by atoms with E-state index in [0.717, 1.165) is 0 Å². The van der Waals surface area contributed by atoms with Gasteiger partial charge in [0.2, 0.25) is 0 Å². The van der Waals surface area contributed by atoms with E-state index in [1.807, 2.05) is 13.8 Å². The quantitative estimate of drug-likeness (QED) is 0.362. The normalized spacial score (nSPS) is 35.8. The lowest BCUT2D eigenvalue weighted by Crippen LogP contribution is -2.40. The summed E-state index contributed by atoms with van der Waals surface area (Å²) in [6.45, 7) is 4.95. The highest BCUT2D eigenvalue weighted by molar-refractivity contribution is 7.53. The number of rotatable bonds is 8. The molecule has 0 radical (unpaired) electrons. The van der Waals surface area contributed by atoms with Crippen LogP contribution < -0.4 is 0 Å². The van der Waals surface area contributed by atoms with Crippen molar-refractivity contribution < 1.29 is 34.0 Å². The van der Waals surface area contributed by atoms with E-state index in [1.54, 1.807) is 7.85 Å². The van der Waals surface area contributed by atoms with E-state index in [0.29, 0.717) is 19.3 Å². The molecule has 1 rings (SSSR count).